The van der Waals surface area contributed by atoms with Crippen LogP contribution >= 0.6 is 15.9 Å². The molecule has 7 nitrogen and oxygen atoms in total. The van der Waals surface area contributed by atoms with Gasteiger partial charge in [0.2, 0.25) is 5.91 Å². The minimum atomic E-state index is -0.661. The Kier molecular flexibility index (Phi) is 5.51. The van der Waals surface area contributed by atoms with E-state index in [0.717, 1.165) is 10.0 Å². The van der Waals surface area contributed by atoms with Crippen molar-refractivity contribution in [1.82, 2.24) is 9.80 Å². The highest BCUT2D eigenvalue weighted by atomic mass is 79.9. The Morgan fingerprint density at radius 1 is 1.07 bits per heavy atom. The molecule has 0 saturated carbocycles. The van der Waals surface area contributed by atoms with Gasteiger partial charge in [-0.05, 0) is 42.3 Å². The Bertz CT molecular complexity index is 1040. The Hall–Kier alpha value is -2.87. The van der Waals surface area contributed by atoms with Crippen molar-refractivity contribution in [1.29, 1.82) is 0 Å². The third-order valence-electron chi connectivity index (χ3n) is 5.58. The number of amides is 3. The SMILES string of the molecule is COc1ccc(CN2C(=O)CCC(N3Cc4cc(Br)ccc4C3=O)C2=O)c(OC)c1. The zero-order chi connectivity index (χ0) is 21.4. The monoisotopic (exact) mass is 472 g/mol. The second kappa shape index (κ2) is 8.10. The van der Waals surface area contributed by atoms with Gasteiger partial charge >= 0.3 is 0 Å². The lowest BCUT2D eigenvalue weighted by Gasteiger charge is -2.35. The van der Waals surface area contributed by atoms with Crippen molar-refractivity contribution in [2.24, 2.45) is 0 Å². The number of ether oxygens (including phenoxy) is 2. The highest BCUT2D eigenvalue weighted by Crippen LogP contribution is 2.32. The predicted molar refractivity (Wildman–Crippen MR) is 112 cm³/mol. The van der Waals surface area contributed by atoms with E-state index in [-0.39, 0.29) is 30.7 Å². The van der Waals surface area contributed by atoms with Crippen LogP contribution in [-0.4, -0.2) is 47.8 Å². The van der Waals surface area contributed by atoms with Crippen LogP contribution in [0.3, 0.4) is 0 Å². The van der Waals surface area contributed by atoms with Gasteiger partial charge in [0.15, 0.2) is 0 Å². The lowest BCUT2D eigenvalue weighted by Crippen LogP contribution is -2.54. The number of rotatable bonds is 5. The van der Waals surface area contributed by atoms with E-state index < -0.39 is 6.04 Å². The number of halogens is 1. The first-order valence-corrected chi connectivity index (χ1v) is 10.4. The first-order valence-electron chi connectivity index (χ1n) is 9.57. The lowest BCUT2D eigenvalue weighted by molar-refractivity contribution is -0.153. The molecule has 0 bridgehead atoms. The van der Waals surface area contributed by atoms with E-state index in [1.54, 1.807) is 36.3 Å². The summed E-state index contributed by atoms with van der Waals surface area (Å²) in [4.78, 5) is 41.5. The normalized spacial score (nSPS) is 18.6. The summed E-state index contributed by atoms with van der Waals surface area (Å²) in [6.45, 7) is 0.444. The fraction of sp³-hybridized carbons (Fsp3) is 0.318. The van der Waals surface area contributed by atoms with Crippen molar-refractivity contribution >= 4 is 33.7 Å². The fourth-order valence-corrected chi connectivity index (χ4v) is 4.40. The summed E-state index contributed by atoms with van der Waals surface area (Å²) < 4.78 is 11.5. The molecule has 1 saturated heterocycles. The molecular formula is C22H21BrN2O5. The number of methoxy groups -OCH3 is 2. The van der Waals surface area contributed by atoms with Crippen LogP contribution in [0.5, 0.6) is 11.5 Å². The minimum Gasteiger partial charge on any atom is -0.497 e. The summed E-state index contributed by atoms with van der Waals surface area (Å²) in [6, 6.07) is 10.1. The van der Waals surface area contributed by atoms with Crippen LogP contribution in [0.15, 0.2) is 40.9 Å². The van der Waals surface area contributed by atoms with Gasteiger partial charge in [0.05, 0.1) is 20.8 Å². The Morgan fingerprint density at radius 3 is 2.60 bits per heavy atom. The molecule has 1 fully saturated rings. The third-order valence-corrected chi connectivity index (χ3v) is 6.08. The highest BCUT2D eigenvalue weighted by Gasteiger charge is 2.42. The largest absolute Gasteiger partial charge is 0.497 e. The van der Waals surface area contributed by atoms with Crippen LogP contribution in [0.1, 0.15) is 34.3 Å². The average Bonchev–Trinajstić information content (AvgIpc) is 3.06. The predicted octanol–water partition coefficient (Wildman–Crippen LogP) is 3.14. The second-order valence-electron chi connectivity index (χ2n) is 7.28. The van der Waals surface area contributed by atoms with E-state index in [4.69, 9.17) is 9.47 Å². The maximum atomic E-state index is 13.3. The van der Waals surface area contributed by atoms with E-state index >= 15 is 0 Å². The van der Waals surface area contributed by atoms with Gasteiger partial charge < -0.3 is 14.4 Å². The van der Waals surface area contributed by atoms with Crippen molar-refractivity contribution in [2.45, 2.75) is 32.0 Å². The van der Waals surface area contributed by atoms with Crippen LogP contribution < -0.4 is 9.47 Å². The molecule has 0 N–H and O–H groups in total. The zero-order valence-electron chi connectivity index (χ0n) is 16.7. The van der Waals surface area contributed by atoms with Gasteiger partial charge in [-0.3, -0.25) is 19.3 Å². The molecular weight excluding hydrogens is 452 g/mol. The molecule has 3 amide bonds. The van der Waals surface area contributed by atoms with Gasteiger partial charge in [-0.2, -0.15) is 0 Å². The van der Waals surface area contributed by atoms with Gasteiger partial charge in [-0.25, -0.2) is 0 Å². The molecule has 0 aliphatic carbocycles. The van der Waals surface area contributed by atoms with Crippen LogP contribution in [0.2, 0.25) is 0 Å². The molecule has 4 rings (SSSR count). The molecule has 2 aliphatic rings. The van der Waals surface area contributed by atoms with E-state index in [1.165, 1.54) is 12.0 Å². The summed E-state index contributed by atoms with van der Waals surface area (Å²) in [6.07, 6.45) is 0.535. The molecule has 8 heteroatoms. The van der Waals surface area contributed by atoms with Gasteiger partial charge in [0.1, 0.15) is 17.5 Å². The smallest absolute Gasteiger partial charge is 0.255 e. The molecule has 1 unspecified atom stereocenters. The van der Waals surface area contributed by atoms with E-state index in [1.807, 2.05) is 12.1 Å². The first-order chi connectivity index (χ1) is 14.4. The first kappa shape index (κ1) is 20.4. The number of hydrogen-bond donors (Lipinski definition) is 0. The summed E-state index contributed by atoms with van der Waals surface area (Å²) in [7, 11) is 3.08. The van der Waals surface area contributed by atoms with Crippen LogP contribution in [0.4, 0.5) is 0 Å². The van der Waals surface area contributed by atoms with E-state index in [9.17, 15) is 14.4 Å². The molecule has 0 radical (unpaired) electrons. The molecule has 30 heavy (non-hydrogen) atoms. The van der Waals surface area contributed by atoms with Crippen molar-refractivity contribution < 1.29 is 23.9 Å². The second-order valence-corrected chi connectivity index (χ2v) is 8.20. The quantitative estimate of drug-likeness (QED) is 0.624. The number of carbonyl (C=O) groups excluding carboxylic acids is 3. The molecule has 156 valence electrons. The zero-order valence-corrected chi connectivity index (χ0v) is 18.3. The number of piperidine rings is 1. The summed E-state index contributed by atoms with van der Waals surface area (Å²) in [5.74, 6) is 0.375. The number of likely N-dealkylation sites (tertiary alicyclic amines) is 1. The van der Waals surface area contributed by atoms with Crippen molar-refractivity contribution in [3.8, 4) is 11.5 Å². The van der Waals surface area contributed by atoms with Gasteiger partial charge in [-0.15, -0.1) is 0 Å². The number of imide groups is 1. The fourth-order valence-electron chi connectivity index (χ4n) is 3.99. The summed E-state index contributed by atoms with van der Waals surface area (Å²) >= 11 is 3.42. The van der Waals surface area contributed by atoms with E-state index in [0.29, 0.717) is 35.6 Å². The van der Waals surface area contributed by atoms with Crippen molar-refractivity contribution in [3.05, 3.63) is 57.6 Å². The van der Waals surface area contributed by atoms with Gasteiger partial charge in [0, 0.05) is 34.6 Å². The number of nitrogens with zero attached hydrogens (tertiary/aromatic N) is 2. The Labute approximate surface area is 182 Å². The van der Waals surface area contributed by atoms with Gasteiger partial charge in [-0.1, -0.05) is 15.9 Å². The molecule has 0 aromatic heterocycles. The maximum absolute atomic E-state index is 13.3. The lowest BCUT2D eigenvalue weighted by atomic mass is 10.0. The number of fused-ring (bicyclic) bond motifs is 1. The topological polar surface area (TPSA) is 76.2 Å². The third kappa shape index (κ3) is 3.56. The molecule has 2 heterocycles. The van der Waals surface area contributed by atoms with Crippen LogP contribution in [0, 0.1) is 0 Å². The summed E-state index contributed by atoms with van der Waals surface area (Å²) in [5, 5.41) is 0. The number of hydrogen-bond acceptors (Lipinski definition) is 5. The standard InChI is InChI=1S/C22H21BrN2O5/c1-29-16-5-3-13(19(10-16)30-2)11-25-20(26)8-7-18(22(25)28)24-12-14-9-15(23)4-6-17(14)21(24)27/h3-6,9-10,18H,7-8,11-12H2,1-2H3. The van der Waals surface area contributed by atoms with Gasteiger partial charge in [0.25, 0.3) is 11.8 Å². The Balaban J connectivity index is 1.57. The minimum absolute atomic E-state index is 0.0852. The molecule has 2 aromatic carbocycles. The number of carbonyl (C=O) groups is 3. The average molecular weight is 473 g/mol. The molecule has 2 aromatic rings. The van der Waals surface area contributed by atoms with Crippen LogP contribution in [-0.2, 0) is 22.7 Å². The van der Waals surface area contributed by atoms with Crippen molar-refractivity contribution in [3.63, 3.8) is 0 Å². The van der Waals surface area contributed by atoms with E-state index in [2.05, 4.69) is 15.9 Å². The molecule has 1 atom stereocenters. The highest BCUT2D eigenvalue weighted by molar-refractivity contribution is 9.10. The van der Waals surface area contributed by atoms with Crippen LogP contribution in [0.25, 0.3) is 0 Å². The molecule has 2 aliphatic heterocycles. The molecule has 0 spiro atoms. The summed E-state index contributed by atoms with van der Waals surface area (Å²) in [5.41, 5.74) is 2.18. The maximum Gasteiger partial charge on any atom is 0.255 e. The van der Waals surface area contributed by atoms with Crippen molar-refractivity contribution in [2.75, 3.05) is 14.2 Å². The Morgan fingerprint density at radius 2 is 1.87 bits per heavy atom. The number of benzene rings is 2.